The zero-order valence-corrected chi connectivity index (χ0v) is 10.9. The highest BCUT2D eigenvalue weighted by Crippen LogP contribution is 2.75. The molecule has 0 aromatic heterocycles. The molecule has 0 N–H and O–H groups in total. The van der Waals surface area contributed by atoms with Crippen LogP contribution in [-0.4, -0.2) is 11.6 Å². The maximum Gasteiger partial charge on any atom is 0.145 e. The zero-order chi connectivity index (χ0) is 12.2. The van der Waals surface area contributed by atoms with Gasteiger partial charge in [0.05, 0.1) is 0 Å². The number of hydrogen-bond donors (Lipinski definition) is 0. The highest BCUT2D eigenvalue weighted by Gasteiger charge is 2.73. The van der Waals surface area contributed by atoms with E-state index in [9.17, 15) is 9.59 Å². The molecule has 0 unspecified atom stereocenters. The van der Waals surface area contributed by atoms with Gasteiger partial charge in [0.2, 0.25) is 0 Å². The number of Topliss-reactive ketones (excluding diaryl/α,β-unsaturated/α-hetero) is 2. The molecule has 0 aromatic rings. The van der Waals surface area contributed by atoms with E-state index in [0.717, 1.165) is 64.2 Å². The van der Waals surface area contributed by atoms with Crippen LogP contribution in [-0.2, 0) is 9.59 Å². The molecule has 5 rings (SSSR count). The Balaban J connectivity index is 1.61. The number of carbonyl (C=O) groups excluding carboxylic acids is 2. The molecule has 18 heavy (non-hydrogen) atoms. The Morgan fingerprint density at radius 2 is 0.722 bits per heavy atom. The van der Waals surface area contributed by atoms with Crippen molar-refractivity contribution in [3.05, 3.63) is 0 Å². The van der Waals surface area contributed by atoms with Crippen LogP contribution in [0.1, 0.15) is 64.2 Å². The largest absolute Gasteiger partial charge is 0.298 e. The summed E-state index contributed by atoms with van der Waals surface area (Å²) in [5.74, 6) is 1.17. The first-order valence-corrected chi connectivity index (χ1v) is 7.65. The fourth-order valence-electron chi connectivity index (χ4n) is 4.96. The number of hydrogen-bond acceptors (Lipinski definition) is 2. The van der Waals surface area contributed by atoms with Gasteiger partial charge >= 0.3 is 0 Å². The van der Waals surface area contributed by atoms with Crippen LogP contribution in [0.4, 0.5) is 0 Å². The minimum Gasteiger partial charge on any atom is -0.298 e. The molecule has 5 aliphatic rings. The van der Waals surface area contributed by atoms with Crippen LogP contribution in [0.15, 0.2) is 0 Å². The third-order valence-electron chi connectivity index (χ3n) is 6.69. The van der Waals surface area contributed by atoms with Crippen LogP contribution in [0.25, 0.3) is 0 Å². The lowest BCUT2D eigenvalue weighted by Crippen LogP contribution is -2.40. The molecular formula is C16H20O2. The molecule has 2 heteroatoms. The highest BCUT2D eigenvalue weighted by molar-refractivity contribution is 6.01. The molecule has 0 aromatic carbocycles. The van der Waals surface area contributed by atoms with E-state index < -0.39 is 0 Å². The van der Waals surface area contributed by atoms with Gasteiger partial charge in [0, 0.05) is 21.7 Å². The van der Waals surface area contributed by atoms with Gasteiger partial charge in [-0.25, -0.2) is 0 Å². The molecule has 2 nitrogen and oxygen atoms in total. The molecule has 0 saturated heterocycles. The van der Waals surface area contributed by atoms with Crippen molar-refractivity contribution in [1.29, 1.82) is 0 Å². The summed E-state index contributed by atoms with van der Waals surface area (Å²) in [5, 5.41) is 0. The predicted octanol–water partition coefficient (Wildman–Crippen LogP) is 3.04. The van der Waals surface area contributed by atoms with E-state index >= 15 is 0 Å². The normalized spacial score (nSPS) is 38.9. The smallest absolute Gasteiger partial charge is 0.145 e. The molecular weight excluding hydrogens is 224 g/mol. The van der Waals surface area contributed by atoms with Gasteiger partial charge in [0.1, 0.15) is 11.6 Å². The summed E-state index contributed by atoms with van der Waals surface area (Å²) < 4.78 is 0. The minimum atomic E-state index is -0.0286. The van der Waals surface area contributed by atoms with Gasteiger partial charge in [-0.1, -0.05) is 0 Å². The van der Waals surface area contributed by atoms with E-state index in [-0.39, 0.29) is 21.7 Å². The van der Waals surface area contributed by atoms with Crippen LogP contribution >= 0.6 is 0 Å². The van der Waals surface area contributed by atoms with Gasteiger partial charge in [0.15, 0.2) is 0 Å². The summed E-state index contributed by atoms with van der Waals surface area (Å²) >= 11 is 0. The first-order chi connectivity index (χ1) is 8.55. The van der Waals surface area contributed by atoms with Crippen molar-refractivity contribution in [3.8, 4) is 0 Å². The standard InChI is InChI=1S/C16H20O2/c17-11-13(1-2-13)9-14(3-4-14)12(18)16(7-8-16)10-15(11)5-6-15/h1-10H2. The van der Waals surface area contributed by atoms with Crippen LogP contribution in [0.3, 0.4) is 0 Å². The molecule has 0 bridgehead atoms. The Morgan fingerprint density at radius 1 is 0.500 bits per heavy atom. The average molecular weight is 244 g/mol. The molecule has 0 atom stereocenters. The van der Waals surface area contributed by atoms with Crippen molar-refractivity contribution in [2.75, 3.05) is 0 Å². The van der Waals surface area contributed by atoms with E-state index in [0.29, 0.717) is 11.6 Å². The lowest BCUT2D eigenvalue weighted by Gasteiger charge is -2.34. The second-order valence-corrected chi connectivity index (χ2v) is 8.13. The molecule has 4 spiro atoms. The van der Waals surface area contributed by atoms with E-state index in [1.54, 1.807) is 0 Å². The maximum atomic E-state index is 12.9. The topological polar surface area (TPSA) is 34.1 Å². The van der Waals surface area contributed by atoms with Crippen LogP contribution in [0.2, 0.25) is 0 Å². The Hall–Kier alpha value is -0.660. The van der Waals surface area contributed by atoms with E-state index in [1.807, 2.05) is 0 Å². The van der Waals surface area contributed by atoms with Crippen molar-refractivity contribution in [2.45, 2.75) is 64.2 Å². The molecule has 5 aliphatic carbocycles. The van der Waals surface area contributed by atoms with Crippen molar-refractivity contribution >= 4 is 11.6 Å². The molecule has 0 aliphatic heterocycles. The maximum absolute atomic E-state index is 12.9. The number of ketones is 2. The van der Waals surface area contributed by atoms with Gasteiger partial charge in [-0.05, 0) is 64.2 Å². The summed E-state index contributed by atoms with van der Waals surface area (Å²) in [4.78, 5) is 25.8. The van der Waals surface area contributed by atoms with Gasteiger partial charge in [0.25, 0.3) is 0 Å². The Bertz CT molecular complexity index is 399. The molecule has 5 fully saturated rings. The van der Waals surface area contributed by atoms with E-state index in [2.05, 4.69) is 0 Å². The fourth-order valence-corrected chi connectivity index (χ4v) is 4.96. The first-order valence-electron chi connectivity index (χ1n) is 7.65. The number of carbonyl (C=O) groups is 2. The van der Waals surface area contributed by atoms with Crippen LogP contribution < -0.4 is 0 Å². The molecule has 0 heterocycles. The Morgan fingerprint density at radius 3 is 0.889 bits per heavy atom. The molecule has 0 radical (unpaired) electrons. The third-order valence-corrected chi connectivity index (χ3v) is 6.69. The zero-order valence-electron chi connectivity index (χ0n) is 10.9. The molecule has 96 valence electrons. The predicted molar refractivity (Wildman–Crippen MR) is 65.9 cm³/mol. The van der Waals surface area contributed by atoms with E-state index in [4.69, 9.17) is 0 Å². The quantitative estimate of drug-likeness (QED) is 0.656. The Kier molecular flexibility index (Phi) is 1.40. The van der Waals surface area contributed by atoms with Crippen molar-refractivity contribution in [2.24, 2.45) is 21.7 Å². The summed E-state index contributed by atoms with van der Waals surface area (Å²) in [5.41, 5.74) is -0.114. The van der Waals surface area contributed by atoms with Crippen molar-refractivity contribution in [1.82, 2.24) is 0 Å². The van der Waals surface area contributed by atoms with Crippen LogP contribution in [0.5, 0.6) is 0 Å². The Labute approximate surface area is 108 Å². The van der Waals surface area contributed by atoms with Crippen molar-refractivity contribution < 1.29 is 9.59 Å². The average Bonchev–Trinajstić information content (AvgIpc) is 3.17. The summed E-state index contributed by atoms with van der Waals surface area (Å²) in [7, 11) is 0. The lowest BCUT2D eigenvalue weighted by atomic mass is 9.67. The lowest BCUT2D eigenvalue weighted by molar-refractivity contribution is -0.139. The van der Waals surface area contributed by atoms with Crippen molar-refractivity contribution in [3.63, 3.8) is 0 Å². The first kappa shape index (κ1) is 10.2. The summed E-state index contributed by atoms with van der Waals surface area (Å²) in [6.45, 7) is 0. The number of rotatable bonds is 0. The molecule has 5 saturated carbocycles. The van der Waals surface area contributed by atoms with E-state index in [1.165, 1.54) is 0 Å². The van der Waals surface area contributed by atoms with Gasteiger partial charge < -0.3 is 0 Å². The SMILES string of the molecule is O=C1C2(CC2)CC2(CC2)C(=O)C2(CC2)CC12CC2. The summed E-state index contributed by atoms with van der Waals surface area (Å²) in [6.07, 6.45) is 10.5. The fraction of sp³-hybridized carbons (Fsp3) is 0.875. The third kappa shape index (κ3) is 1.03. The van der Waals surface area contributed by atoms with Crippen LogP contribution in [0, 0.1) is 21.7 Å². The second-order valence-electron chi connectivity index (χ2n) is 8.13. The monoisotopic (exact) mass is 244 g/mol. The van der Waals surface area contributed by atoms with Gasteiger partial charge in [-0.3, -0.25) is 9.59 Å². The summed E-state index contributed by atoms with van der Waals surface area (Å²) in [6, 6.07) is 0. The minimum absolute atomic E-state index is 0.0286. The molecule has 0 amide bonds. The van der Waals surface area contributed by atoms with Gasteiger partial charge in [-0.2, -0.15) is 0 Å². The second kappa shape index (κ2) is 2.48. The van der Waals surface area contributed by atoms with Gasteiger partial charge in [-0.15, -0.1) is 0 Å². The highest BCUT2D eigenvalue weighted by atomic mass is 16.1.